The Balaban J connectivity index is 2.33. The molecule has 0 radical (unpaired) electrons. The average Bonchev–Trinajstić information content (AvgIpc) is 2.79. The van der Waals surface area contributed by atoms with Crippen LogP contribution in [0.3, 0.4) is 0 Å². The van der Waals surface area contributed by atoms with Crippen molar-refractivity contribution in [3.63, 3.8) is 0 Å². The van der Waals surface area contributed by atoms with Crippen molar-refractivity contribution < 1.29 is 14.6 Å². The average molecular weight is 312 g/mol. The second-order valence-electron chi connectivity index (χ2n) is 3.44. The third-order valence-corrected chi connectivity index (χ3v) is 2.93. The Bertz CT molecular complexity index is 583. The van der Waals surface area contributed by atoms with Crippen molar-refractivity contribution >= 4 is 21.9 Å². The Morgan fingerprint density at radius 3 is 3.00 bits per heavy atom. The zero-order valence-corrected chi connectivity index (χ0v) is 11.1. The molecule has 2 rings (SSSR count). The van der Waals surface area contributed by atoms with E-state index < -0.39 is 5.97 Å². The van der Waals surface area contributed by atoms with Crippen molar-refractivity contribution in [2.45, 2.75) is 13.5 Å². The molecule has 0 aliphatic carbocycles. The van der Waals surface area contributed by atoms with Crippen LogP contribution in [-0.2, 0) is 6.54 Å². The lowest BCUT2D eigenvalue weighted by atomic mass is 10.2. The summed E-state index contributed by atoms with van der Waals surface area (Å²) in [4.78, 5) is 10.9. The van der Waals surface area contributed by atoms with Crippen molar-refractivity contribution in [1.29, 1.82) is 0 Å². The number of rotatable bonds is 4. The highest BCUT2D eigenvalue weighted by Gasteiger charge is 2.11. The molecule has 0 bridgehead atoms. The van der Waals surface area contributed by atoms with Crippen molar-refractivity contribution in [2.75, 3.05) is 0 Å². The van der Waals surface area contributed by atoms with Crippen molar-refractivity contribution in [1.82, 2.24) is 15.0 Å². The van der Waals surface area contributed by atoms with Gasteiger partial charge in [0.05, 0.1) is 10.0 Å². The summed E-state index contributed by atoms with van der Waals surface area (Å²) in [6, 6.07) is 4.56. The van der Waals surface area contributed by atoms with Crippen LogP contribution in [0, 0.1) is 0 Å². The SMILES string of the molecule is CCn1nncc1Oc1cc(C(=O)O)ccc1Br. The number of benzene rings is 1. The second kappa shape index (κ2) is 5.18. The summed E-state index contributed by atoms with van der Waals surface area (Å²) in [5.41, 5.74) is 0.156. The molecule has 1 heterocycles. The van der Waals surface area contributed by atoms with Gasteiger partial charge in [0.25, 0.3) is 0 Å². The smallest absolute Gasteiger partial charge is 0.335 e. The van der Waals surface area contributed by atoms with Gasteiger partial charge >= 0.3 is 5.97 Å². The molecular formula is C11H10BrN3O3. The number of hydrogen-bond acceptors (Lipinski definition) is 4. The lowest BCUT2D eigenvalue weighted by molar-refractivity contribution is 0.0696. The third kappa shape index (κ3) is 2.51. The summed E-state index contributed by atoms with van der Waals surface area (Å²) in [6.07, 6.45) is 1.48. The van der Waals surface area contributed by atoms with Gasteiger partial charge in [-0.3, -0.25) is 0 Å². The van der Waals surface area contributed by atoms with Crippen LogP contribution in [0.2, 0.25) is 0 Å². The third-order valence-electron chi connectivity index (χ3n) is 2.27. The zero-order chi connectivity index (χ0) is 13.1. The predicted molar refractivity (Wildman–Crippen MR) is 66.9 cm³/mol. The minimum Gasteiger partial charge on any atom is -0.478 e. The van der Waals surface area contributed by atoms with Crippen molar-refractivity contribution in [2.24, 2.45) is 0 Å². The van der Waals surface area contributed by atoms with E-state index in [1.54, 1.807) is 10.7 Å². The van der Waals surface area contributed by atoms with Gasteiger partial charge in [-0.25, -0.2) is 9.48 Å². The molecule has 2 aromatic rings. The van der Waals surface area contributed by atoms with Crippen molar-refractivity contribution in [3.05, 3.63) is 34.4 Å². The van der Waals surface area contributed by atoms with Crippen LogP contribution >= 0.6 is 15.9 Å². The number of aromatic carboxylic acids is 1. The molecule has 18 heavy (non-hydrogen) atoms. The van der Waals surface area contributed by atoms with E-state index in [2.05, 4.69) is 26.2 Å². The van der Waals surface area contributed by atoms with Gasteiger partial charge in [0, 0.05) is 6.54 Å². The molecule has 0 unspecified atom stereocenters. The Labute approximate surface area is 111 Å². The summed E-state index contributed by atoms with van der Waals surface area (Å²) in [7, 11) is 0. The van der Waals surface area contributed by atoms with Gasteiger partial charge in [0.15, 0.2) is 0 Å². The molecule has 1 N–H and O–H groups in total. The van der Waals surface area contributed by atoms with Gasteiger partial charge < -0.3 is 9.84 Å². The number of aromatic nitrogens is 3. The quantitative estimate of drug-likeness (QED) is 0.939. The normalized spacial score (nSPS) is 10.3. The molecular weight excluding hydrogens is 302 g/mol. The molecule has 0 amide bonds. The lowest BCUT2D eigenvalue weighted by Crippen LogP contribution is -2.01. The summed E-state index contributed by atoms with van der Waals surface area (Å²) in [6.45, 7) is 2.52. The highest BCUT2D eigenvalue weighted by Crippen LogP contribution is 2.30. The zero-order valence-electron chi connectivity index (χ0n) is 9.50. The molecule has 1 aromatic carbocycles. The van der Waals surface area contributed by atoms with Crippen LogP contribution in [0.25, 0.3) is 0 Å². The van der Waals surface area contributed by atoms with Crippen LogP contribution in [0.15, 0.2) is 28.9 Å². The minimum atomic E-state index is -1.01. The lowest BCUT2D eigenvalue weighted by Gasteiger charge is -2.08. The molecule has 0 atom stereocenters. The van der Waals surface area contributed by atoms with E-state index in [0.29, 0.717) is 22.6 Å². The first-order chi connectivity index (χ1) is 8.61. The van der Waals surface area contributed by atoms with Gasteiger partial charge in [0.1, 0.15) is 11.9 Å². The molecule has 0 spiro atoms. The molecule has 0 saturated heterocycles. The topological polar surface area (TPSA) is 77.2 Å². The van der Waals surface area contributed by atoms with Crippen LogP contribution in [0.5, 0.6) is 11.6 Å². The molecule has 0 aliphatic rings. The molecule has 0 saturated carbocycles. The number of carboxylic acids is 1. The Morgan fingerprint density at radius 2 is 2.33 bits per heavy atom. The first kappa shape index (κ1) is 12.6. The molecule has 0 fully saturated rings. The second-order valence-corrected chi connectivity index (χ2v) is 4.29. The number of hydrogen-bond donors (Lipinski definition) is 1. The molecule has 94 valence electrons. The minimum absolute atomic E-state index is 0.156. The Morgan fingerprint density at radius 1 is 1.56 bits per heavy atom. The fourth-order valence-electron chi connectivity index (χ4n) is 1.37. The molecule has 0 aliphatic heterocycles. The maximum absolute atomic E-state index is 10.9. The van der Waals surface area contributed by atoms with Crippen LogP contribution in [-0.4, -0.2) is 26.1 Å². The van der Waals surface area contributed by atoms with Gasteiger partial charge in [-0.15, -0.1) is 5.10 Å². The Kier molecular flexibility index (Phi) is 3.61. The molecule has 1 aromatic heterocycles. The van der Waals surface area contributed by atoms with Crippen LogP contribution in [0.4, 0.5) is 0 Å². The van der Waals surface area contributed by atoms with E-state index in [9.17, 15) is 4.79 Å². The standard InChI is InChI=1S/C11H10BrN3O3/c1-2-15-10(6-13-14-15)18-9-5-7(11(16)17)3-4-8(9)12/h3-6H,2H2,1H3,(H,16,17). The first-order valence-electron chi connectivity index (χ1n) is 5.21. The van der Waals surface area contributed by atoms with Crippen LogP contribution in [0.1, 0.15) is 17.3 Å². The highest BCUT2D eigenvalue weighted by atomic mass is 79.9. The monoisotopic (exact) mass is 311 g/mol. The summed E-state index contributed by atoms with van der Waals surface area (Å²) in [5, 5.41) is 16.5. The van der Waals surface area contributed by atoms with Gasteiger partial charge in [-0.2, -0.15) is 0 Å². The van der Waals surface area contributed by atoms with Crippen molar-refractivity contribution in [3.8, 4) is 11.6 Å². The summed E-state index contributed by atoms with van der Waals surface area (Å²) in [5.74, 6) is -0.137. The number of aryl methyl sites for hydroxylation is 1. The Hall–Kier alpha value is -1.89. The van der Waals surface area contributed by atoms with E-state index in [1.807, 2.05) is 6.92 Å². The molecule has 7 heteroatoms. The number of carbonyl (C=O) groups is 1. The van der Waals surface area contributed by atoms with Gasteiger partial charge in [0.2, 0.25) is 5.88 Å². The van der Waals surface area contributed by atoms with Gasteiger partial charge in [-0.05, 0) is 41.1 Å². The van der Waals surface area contributed by atoms with E-state index in [1.165, 1.54) is 18.3 Å². The van der Waals surface area contributed by atoms with Crippen LogP contribution < -0.4 is 4.74 Å². The number of nitrogens with zero attached hydrogens (tertiary/aromatic N) is 3. The van der Waals surface area contributed by atoms with E-state index >= 15 is 0 Å². The van der Waals surface area contributed by atoms with E-state index in [-0.39, 0.29) is 5.56 Å². The maximum atomic E-state index is 10.9. The largest absolute Gasteiger partial charge is 0.478 e. The highest BCUT2D eigenvalue weighted by molar-refractivity contribution is 9.10. The predicted octanol–water partition coefficient (Wildman–Crippen LogP) is 2.55. The maximum Gasteiger partial charge on any atom is 0.335 e. The van der Waals surface area contributed by atoms with E-state index in [4.69, 9.17) is 9.84 Å². The number of carboxylic acid groups (broad SMARTS) is 1. The van der Waals surface area contributed by atoms with Gasteiger partial charge in [-0.1, -0.05) is 5.21 Å². The number of halogens is 1. The fraction of sp³-hybridized carbons (Fsp3) is 0.182. The van der Waals surface area contributed by atoms with E-state index in [0.717, 1.165) is 0 Å². The molecule has 6 nitrogen and oxygen atoms in total. The number of ether oxygens (including phenoxy) is 1. The fourth-order valence-corrected chi connectivity index (χ4v) is 1.70. The summed E-state index contributed by atoms with van der Waals surface area (Å²) < 4.78 is 7.82. The summed E-state index contributed by atoms with van der Waals surface area (Å²) >= 11 is 3.30. The first-order valence-corrected chi connectivity index (χ1v) is 6.00.